The molecule has 0 N–H and O–H groups in total. The van der Waals surface area contributed by atoms with Crippen LogP contribution in [0, 0.1) is 0 Å². The zero-order valence-corrected chi connectivity index (χ0v) is 18.6. The summed E-state index contributed by atoms with van der Waals surface area (Å²) in [6.45, 7) is 0. The lowest BCUT2D eigenvalue weighted by Gasteiger charge is -2.38. The second-order valence-electron chi connectivity index (χ2n) is 6.86. The molecule has 2 aliphatic rings. The lowest BCUT2D eigenvalue weighted by Crippen LogP contribution is -2.33. The molecule has 0 unspecified atom stereocenters. The zero-order valence-electron chi connectivity index (χ0n) is 14.6. The van der Waals surface area contributed by atoms with Crippen molar-refractivity contribution in [1.82, 2.24) is 5.01 Å². The first kappa shape index (κ1) is 18.2. The molecule has 0 radical (unpaired) electrons. The molecule has 3 nitrogen and oxygen atoms in total. The van der Waals surface area contributed by atoms with E-state index in [1.54, 1.807) is 0 Å². The van der Waals surface area contributed by atoms with Crippen molar-refractivity contribution in [1.29, 1.82) is 0 Å². The van der Waals surface area contributed by atoms with Gasteiger partial charge in [0.1, 0.15) is 5.75 Å². The molecule has 0 bridgehead atoms. The Hall–Kier alpha value is -1.82. The molecular weight excluding hydrogens is 504 g/mol. The number of hydrazone groups is 1. The molecule has 0 aromatic heterocycles. The van der Waals surface area contributed by atoms with Gasteiger partial charge in [-0.2, -0.15) is 5.10 Å². The molecule has 5 rings (SSSR count). The van der Waals surface area contributed by atoms with Gasteiger partial charge in [-0.1, -0.05) is 67.7 Å². The maximum Gasteiger partial charge on any atom is 0.213 e. The Morgan fingerprint density at radius 3 is 2.54 bits per heavy atom. The van der Waals surface area contributed by atoms with Crippen molar-refractivity contribution in [3.05, 3.63) is 97.4 Å². The number of nitrogens with zero attached hydrogens (tertiary/aromatic N) is 2. The molecule has 28 heavy (non-hydrogen) atoms. The summed E-state index contributed by atoms with van der Waals surface area (Å²) in [6.07, 6.45) is 0.542. The summed E-state index contributed by atoms with van der Waals surface area (Å²) in [5.41, 5.74) is 4.34. The highest BCUT2D eigenvalue weighted by molar-refractivity contribution is 9.10. The standard InChI is InChI=1S/C22H15Br2ClN2O/c23-15-3-1-2-14(10-15)22-27-20(18-11-16(24)6-9-21(18)28-22)12-19(26-27)13-4-7-17(25)8-5-13/h1-11,20,22H,12H2/t20-,22+/m1/s1. The van der Waals surface area contributed by atoms with Crippen LogP contribution in [0.15, 0.2) is 80.8 Å². The van der Waals surface area contributed by atoms with Crippen molar-refractivity contribution in [2.24, 2.45) is 5.10 Å². The normalized spacial score (nSPS) is 20.2. The Morgan fingerprint density at radius 1 is 0.964 bits per heavy atom. The molecule has 2 atom stereocenters. The Labute approximate surface area is 185 Å². The number of ether oxygens (including phenoxy) is 1. The molecule has 0 saturated carbocycles. The van der Waals surface area contributed by atoms with Crippen LogP contribution in [-0.4, -0.2) is 10.7 Å². The Bertz CT molecular complexity index is 1080. The van der Waals surface area contributed by atoms with Gasteiger partial charge in [-0.15, -0.1) is 0 Å². The van der Waals surface area contributed by atoms with Gasteiger partial charge in [0.25, 0.3) is 0 Å². The summed E-state index contributed by atoms with van der Waals surface area (Å²) in [5, 5.41) is 7.79. The number of hydrogen-bond donors (Lipinski definition) is 0. The van der Waals surface area contributed by atoms with Gasteiger partial charge in [0.05, 0.1) is 11.8 Å². The Balaban J connectivity index is 1.61. The highest BCUT2D eigenvalue weighted by Gasteiger charge is 2.41. The van der Waals surface area contributed by atoms with E-state index in [1.807, 2.05) is 48.5 Å². The highest BCUT2D eigenvalue weighted by Crippen LogP contribution is 2.48. The molecule has 0 saturated heterocycles. The van der Waals surface area contributed by atoms with Gasteiger partial charge in [-0.25, -0.2) is 5.01 Å². The van der Waals surface area contributed by atoms with Gasteiger partial charge in [0, 0.05) is 31.5 Å². The Kier molecular flexibility index (Phi) is 4.69. The van der Waals surface area contributed by atoms with Crippen LogP contribution in [0.4, 0.5) is 0 Å². The van der Waals surface area contributed by atoms with Gasteiger partial charge < -0.3 is 4.74 Å². The first-order chi connectivity index (χ1) is 13.6. The fourth-order valence-electron chi connectivity index (χ4n) is 3.76. The molecule has 0 fully saturated rings. The first-order valence-corrected chi connectivity index (χ1v) is 10.9. The minimum Gasteiger partial charge on any atom is -0.464 e. The summed E-state index contributed by atoms with van der Waals surface area (Å²) in [7, 11) is 0. The molecule has 0 amide bonds. The molecule has 2 aliphatic heterocycles. The minimum atomic E-state index is -0.277. The third-order valence-electron chi connectivity index (χ3n) is 5.06. The van der Waals surface area contributed by atoms with E-state index in [9.17, 15) is 0 Å². The van der Waals surface area contributed by atoms with Crippen LogP contribution in [0.25, 0.3) is 0 Å². The fourth-order valence-corrected chi connectivity index (χ4v) is 4.68. The molecule has 3 aromatic rings. The maximum atomic E-state index is 6.40. The third-order valence-corrected chi connectivity index (χ3v) is 6.30. The zero-order chi connectivity index (χ0) is 19.3. The van der Waals surface area contributed by atoms with Gasteiger partial charge in [-0.05, 0) is 48.0 Å². The number of halogens is 3. The second kappa shape index (κ2) is 7.21. The third kappa shape index (κ3) is 3.25. The van der Waals surface area contributed by atoms with E-state index in [-0.39, 0.29) is 12.3 Å². The minimum absolute atomic E-state index is 0.121. The van der Waals surface area contributed by atoms with Crippen LogP contribution in [0.2, 0.25) is 5.02 Å². The molecule has 3 aromatic carbocycles. The predicted molar refractivity (Wildman–Crippen MR) is 119 cm³/mol. The molecule has 6 heteroatoms. The second-order valence-corrected chi connectivity index (χ2v) is 9.13. The summed E-state index contributed by atoms with van der Waals surface area (Å²) >= 11 is 13.2. The predicted octanol–water partition coefficient (Wildman–Crippen LogP) is 7.11. The van der Waals surface area contributed by atoms with Crippen LogP contribution in [-0.2, 0) is 0 Å². The quantitative estimate of drug-likeness (QED) is 0.361. The molecule has 0 aliphatic carbocycles. The number of fused-ring (bicyclic) bond motifs is 3. The van der Waals surface area contributed by atoms with Crippen molar-refractivity contribution in [2.75, 3.05) is 0 Å². The highest BCUT2D eigenvalue weighted by atomic mass is 79.9. The number of benzene rings is 3. The van der Waals surface area contributed by atoms with Gasteiger partial charge in [0.15, 0.2) is 0 Å². The fraction of sp³-hybridized carbons (Fsp3) is 0.136. The van der Waals surface area contributed by atoms with Crippen LogP contribution in [0.5, 0.6) is 5.75 Å². The monoisotopic (exact) mass is 516 g/mol. The lowest BCUT2D eigenvalue weighted by molar-refractivity contribution is -0.0191. The Morgan fingerprint density at radius 2 is 1.75 bits per heavy atom. The van der Waals surface area contributed by atoms with Crippen molar-refractivity contribution in [2.45, 2.75) is 18.7 Å². The van der Waals surface area contributed by atoms with Crippen molar-refractivity contribution >= 4 is 49.2 Å². The maximum absolute atomic E-state index is 6.40. The van der Waals surface area contributed by atoms with E-state index in [4.69, 9.17) is 21.4 Å². The van der Waals surface area contributed by atoms with Crippen molar-refractivity contribution < 1.29 is 4.74 Å². The van der Waals surface area contributed by atoms with Crippen LogP contribution < -0.4 is 4.74 Å². The molecule has 140 valence electrons. The SMILES string of the molecule is Clc1ccc(C2=NN3[C@H](C2)c2cc(Br)ccc2O[C@H]3c2cccc(Br)c2)cc1. The first-order valence-electron chi connectivity index (χ1n) is 8.92. The van der Waals surface area contributed by atoms with Crippen molar-refractivity contribution in [3.8, 4) is 5.75 Å². The van der Waals surface area contributed by atoms with Gasteiger partial charge >= 0.3 is 0 Å². The van der Waals surface area contributed by atoms with E-state index >= 15 is 0 Å². The smallest absolute Gasteiger partial charge is 0.213 e. The summed E-state index contributed by atoms with van der Waals surface area (Å²) in [6, 6.07) is 22.4. The summed E-state index contributed by atoms with van der Waals surface area (Å²) in [5.74, 6) is 0.905. The largest absolute Gasteiger partial charge is 0.464 e. The van der Waals surface area contributed by atoms with Crippen LogP contribution in [0.1, 0.15) is 35.4 Å². The molecule has 0 spiro atoms. The average molecular weight is 519 g/mol. The van der Waals surface area contributed by atoms with Crippen LogP contribution >= 0.6 is 43.5 Å². The summed E-state index contributed by atoms with van der Waals surface area (Å²) < 4.78 is 8.46. The van der Waals surface area contributed by atoms with E-state index in [2.05, 4.69) is 55.1 Å². The van der Waals surface area contributed by atoms with Gasteiger partial charge in [-0.3, -0.25) is 0 Å². The number of rotatable bonds is 2. The van der Waals surface area contributed by atoms with E-state index in [1.165, 1.54) is 0 Å². The molecular formula is C22H15Br2ClN2O. The number of hydrogen-bond acceptors (Lipinski definition) is 3. The van der Waals surface area contributed by atoms with Crippen LogP contribution in [0.3, 0.4) is 0 Å². The van der Waals surface area contributed by atoms with E-state index in [0.717, 1.165) is 48.5 Å². The average Bonchev–Trinajstić information content (AvgIpc) is 3.14. The lowest BCUT2D eigenvalue weighted by atomic mass is 9.96. The van der Waals surface area contributed by atoms with Gasteiger partial charge in [0.2, 0.25) is 6.23 Å². The summed E-state index contributed by atoms with van der Waals surface area (Å²) in [4.78, 5) is 0. The topological polar surface area (TPSA) is 24.8 Å². The molecule has 2 heterocycles. The van der Waals surface area contributed by atoms with Crippen molar-refractivity contribution in [3.63, 3.8) is 0 Å². The van der Waals surface area contributed by atoms with E-state index in [0.29, 0.717) is 0 Å². The van der Waals surface area contributed by atoms with E-state index < -0.39 is 0 Å².